The molecule has 2 heterocycles. The summed E-state index contributed by atoms with van der Waals surface area (Å²) in [5.41, 5.74) is 1.12. The van der Waals surface area contributed by atoms with Gasteiger partial charge in [-0.25, -0.2) is 4.98 Å². The number of halogens is 1. The first-order valence-corrected chi connectivity index (χ1v) is 8.90. The van der Waals surface area contributed by atoms with Gasteiger partial charge < -0.3 is 0 Å². The number of aryl methyl sites for hydroxylation is 2. The van der Waals surface area contributed by atoms with Crippen molar-refractivity contribution in [1.29, 1.82) is 0 Å². The van der Waals surface area contributed by atoms with Crippen molar-refractivity contribution in [1.82, 2.24) is 9.55 Å². The number of fused-ring (bicyclic) bond motifs is 1. The van der Waals surface area contributed by atoms with Crippen molar-refractivity contribution in [2.45, 2.75) is 38.9 Å². The number of rotatable bonds is 4. The molecule has 0 aliphatic carbocycles. The number of thioether (sulfide) groups is 1. The maximum atomic E-state index is 12.8. The second-order valence-corrected chi connectivity index (χ2v) is 8.20. The smallest absolute Gasteiger partial charge is 0.263 e. The maximum absolute atomic E-state index is 12.8. The minimum atomic E-state index is 0.0644. The Bertz CT molecular complexity index is 731. The third-order valence-electron chi connectivity index (χ3n) is 3.08. The van der Waals surface area contributed by atoms with Gasteiger partial charge in [0.15, 0.2) is 5.16 Å². The lowest BCUT2D eigenvalue weighted by Gasteiger charge is -2.15. The van der Waals surface area contributed by atoms with Crippen molar-refractivity contribution in [3.63, 3.8) is 0 Å². The Labute approximate surface area is 135 Å². The molecule has 0 atom stereocenters. The molecule has 0 radical (unpaired) electrons. The van der Waals surface area contributed by atoms with Crippen LogP contribution in [-0.4, -0.2) is 15.3 Å². The minimum Gasteiger partial charge on any atom is -0.284 e. The molecule has 0 saturated carbocycles. The van der Waals surface area contributed by atoms with Crippen LogP contribution in [0, 0.1) is 13.8 Å². The molecule has 0 amide bonds. The number of nitrogens with zero attached hydrogens (tertiary/aromatic N) is 2. The Kier molecular flexibility index (Phi) is 4.76. The van der Waals surface area contributed by atoms with E-state index in [1.165, 1.54) is 11.8 Å². The molecule has 0 saturated heterocycles. The van der Waals surface area contributed by atoms with Gasteiger partial charge >= 0.3 is 0 Å². The van der Waals surface area contributed by atoms with Crippen LogP contribution in [0.25, 0.3) is 10.2 Å². The van der Waals surface area contributed by atoms with E-state index in [2.05, 4.69) is 22.5 Å². The number of hydrogen-bond acceptors (Lipinski definition) is 4. The fraction of sp³-hybridized carbons (Fsp3) is 0.429. The lowest BCUT2D eigenvalue weighted by atomic mass is 10.2. The van der Waals surface area contributed by atoms with Crippen LogP contribution >= 0.6 is 39.0 Å². The highest BCUT2D eigenvalue weighted by atomic mass is 79.9. The average molecular weight is 373 g/mol. The van der Waals surface area contributed by atoms with E-state index in [-0.39, 0.29) is 11.6 Å². The Morgan fingerprint density at radius 3 is 2.70 bits per heavy atom. The predicted molar refractivity (Wildman–Crippen MR) is 92.5 cm³/mol. The van der Waals surface area contributed by atoms with Crippen LogP contribution in [0.15, 0.2) is 21.0 Å². The van der Waals surface area contributed by atoms with Gasteiger partial charge in [-0.2, -0.15) is 0 Å². The van der Waals surface area contributed by atoms with Crippen LogP contribution < -0.4 is 5.56 Å². The summed E-state index contributed by atoms with van der Waals surface area (Å²) in [4.78, 5) is 19.4. The van der Waals surface area contributed by atoms with Crippen molar-refractivity contribution in [3.8, 4) is 0 Å². The highest BCUT2D eigenvalue weighted by molar-refractivity contribution is 9.11. The lowest BCUT2D eigenvalue weighted by molar-refractivity contribution is 0.519. The first-order chi connectivity index (χ1) is 9.32. The van der Waals surface area contributed by atoms with Crippen LogP contribution in [0.5, 0.6) is 0 Å². The third kappa shape index (κ3) is 2.87. The summed E-state index contributed by atoms with van der Waals surface area (Å²) in [6.45, 7) is 11.9. The first kappa shape index (κ1) is 15.8. The van der Waals surface area contributed by atoms with Gasteiger partial charge in [0.25, 0.3) is 5.56 Å². The molecule has 0 bridgehead atoms. The van der Waals surface area contributed by atoms with Crippen molar-refractivity contribution >= 4 is 49.2 Å². The Hall–Kier alpha value is -0.590. The second-order valence-electron chi connectivity index (χ2n) is 4.93. The number of aromatic nitrogens is 2. The summed E-state index contributed by atoms with van der Waals surface area (Å²) in [5, 5.41) is 1.53. The van der Waals surface area contributed by atoms with Gasteiger partial charge in [0.1, 0.15) is 4.83 Å². The van der Waals surface area contributed by atoms with E-state index < -0.39 is 0 Å². The highest BCUT2D eigenvalue weighted by Crippen LogP contribution is 2.30. The minimum absolute atomic E-state index is 0.0644. The molecule has 2 aromatic rings. The molecule has 0 fully saturated rings. The highest BCUT2D eigenvalue weighted by Gasteiger charge is 2.18. The summed E-state index contributed by atoms with van der Waals surface area (Å²) in [6.07, 6.45) is 0. The fourth-order valence-electron chi connectivity index (χ4n) is 1.99. The third-order valence-corrected chi connectivity index (χ3v) is 5.87. The van der Waals surface area contributed by atoms with Gasteiger partial charge in [0.2, 0.25) is 0 Å². The maximum Gasteiger partial charge on any atom is 0.263 e. The molecule has 3 nitrogen and oxygen atoms in total. The summed E-state index contributed by atoms with van der Waals surface area (Å²) in [5.74, 6) is 0.702. The lowest BCUT2D eigenvalue weighted by Crippen LogP contribution is -2.25. The Morgan fingerprint density at radius 1 is 1.50 bits per heavy atom. The van der Waals surface area contributed by atoms with Crippen LogP contribution in [-0.2, 0) is 0 Å². The fourth-order valence-corrected chi connectivity index (χ4v) is 4.28. The van der Waals surface area contributed by atoms with Gasteiger partial charge in [-0.1, -0.05) is 34.3 Å². The second kappa shape index (κ2) is 6.03. The van der Waals surface area contributed by atoms with Crippen molar-refractivity contribution in [2.24, 2.45) is 0 Å². The first-order valence-electron chi connectivity index (χ1n) is 6.31. The number of thiophene rings is 1. The molecule has 6 heteroatoms. The molecule has 2 aromatic heterocycles. The molecule has 2 rings (SSSR count). The zero-order chi connectivity index (χ0) is 15.0. The van der Waals surface area contributed by atoms with Gasteiger partial charge in [-0.15, -0.1) is 11.3 Å². The molecule has 0 spiro atoms. The van der Waals surface area contributed by atoms with Gasteiger partial charge in [-0.3, -0.25) is 9.36 Å². The van der Waals surface area contributed by atoms with Crippen LogP contribution in [0.4, 0.5) is 0 Å². The van der Waals surface area contributed by atoms with E-state index >= 15 is 0 Å². The van der Waals surface area contributed by atoms with Gasteiger partial charge in [0.05, 0.1) is 5.39 Å². The molecule has 20 heavy (non-hydrogen) atoms. The summed E-state index contributed by atoms with van der Waals surface area (Å²) in [7, 11) is 0. The van der Waals surface area contributed by atoms with E-state index in [1.54, 1.807) is 15.9 Å². The van der Waals surface area contributed by atoms with Crippen LogP contribution in [0.3, 0.4) is 0 Å². The molecular weight excluding hydrogens is 356 g/mol. The normalized spacial score (nSPS) is 11.5. The summed E-state index contributed by atoms with van der Waals surface area (Å²) in [6, 6.07) is 0.0881. The number of hydrogen-bond donors (Lipinski definition) is 0. The standard InChI is InChI=1S/C14H17BrN2OS2/c1-7(2)17-13(18)11-9(4)10(5)20-12(11)16-14(17)19-6-8(3)15/h7H,3,6H2,1-2,4-5H3. The van der Waals surface area contributed by atoms with Crippen molar-refractivity contribution < 1.29 is 0 Å². The average Bonchev–Trinajstić information content (AvgIpc) is 2.62. The zero-order valence-electron chi connectivity index (χ0n) is 12.0. The van der Waals surface area contributed by atoms with Gasteiger partial charge in [-0.05, 0) is 37.7 Å². The molecule has 0 unspecified atom stereocenters. The topological polar surface area (TPSA) is 34.9 Å². The zero-order valence-corrected chi connectivity index (χ0v) is 15.2. The SMILES string of the molecule is C=C(Br)CSc1nc2sc(C)c(C)c2c(=O)n1C(C)C. The summed E-state index contributed by atoms with van der Waals surface area (Å²) >= 11 is 6.48. The molecule has 108 valence electrons. The van der Waals surface area contributed by atoms with E-state index in [1.807, 2.05) is 27.7 Å². The van der Waals surface area contributed by atoms with Crippen molar-refractivity contribution in [2.75, 3.05) is 5.75 Å². The predicted octanol–water partition coefficient (Wildman–Crippen LogP) is 4.66. The monoisotopic (exact) mass is 372 g/mol. The van der Waals surface area contributed by atoms with Crippen LogP contribution in [0.2, 0.25) is 0 Å². The molecule has 0 N–H and O–H groups in total. The van der Waals surface area contributed by atoms with E-state index in [4.69, 9.17) is 4.98 Å². The Morgan fingerprint density at radius 2 is 2.15 bits per heavy atom. The van der Waals surface area contributed by atoms with Crippen molar-refractivity contribution in [3.05, 3.63) is 31.9 Å². The van der Waals surface area contributed by atoms with E-state index in [0.717, 1.165) is 30.3 Å². The quantitative estimate of drug-likeness (QED) is 0.578. The van der Waals surface area contributed by atoms with Crippen LogP contribution in [0.1, 0.15) is 30.3 Å². The molecule has 0 aromatic carbocycles. The Balaban J connectivity index is 2.70. The molecule has 0 aliphatic rings. The van der Waals surface area contributed by atoms with Gasteiger partial charge in [0, 0.05) is 16.7 Å². The molecular formula is C14H17BrN2OS2. The largest absolute Gasteiger partial charge is 0.284 e. The van der Waals surface area contributed by atoms with E-state index in [0.29, 0.717) is 5.75 Å². The molecule has 0 aliphatic heterocycles. The summed E-state index contributed by atoms with van der Waals surface area (Å²) < 4.78 is 2.67. The van der Waals surface area contributed by atoms with E-state index in [9.17, 15) is 4.79 Å².